The topological polar surface area (TPSA) is 37.9 Å². The Bertz CT molecular complexity index is 1100. The fourth-order valence-corrected chi connectivity index (χ4v) is 3.23. The van der Waals surface area contributed by atoms with Gasteiger partial charge in [-0.3, -0.25) is 4.98 Å². The zero-order valence-corrected chi connectivity index (χ0v) is 13.9. The van der Waals surface area contributed by atoms with Crippen LogP contribution in [0, 0.1) is 0 Å². The van der Waals surface area contributed by atoms with E-state index < -0.39 is 11.7 Å². The van der Waals surface area contributed by atoms with Crippen LogP contribution in [-0.2, 0) is 6.18 Å². The number of pyridine rings is 1. The third kappa shape index (κ3) is 2.67. The summed E-state index contributed by atoms with van der Waals surface area (Å²) >= 11 is 0. The van der Waals surface area contributed by atoms with E-state index in [0.29, 0.717) is 34.3 Å². The lowest BCUT2D eigenvalue weighted by atomic mass is 10.0. The molecule has 132 valence electrons. The molecule has 0 saturated carbocycles. The summed E-state index contributed by atoms with van der Waals surface area (Å²) in [5.74, 6) is 0.585. The van der Waals surface area contributed by atoms with Gasteiger partial charge in [0.05, 0.1) is 29.6 Å². The summed E-state index contributed by atoms with van der Waals surface area (Å²) in [6.07, 6.45) is -1.19. The normalized spacial score (nSPS) is 12.0. The molecule has 26 heavy (non-hydrogen) atoms. The lowest BCUT2D eigenvalue weighted by Crippen LogP contribution is -2.05. The molecule has 0 aliphatic rings. The molecule has 0 fully saturated rings. The first-order valence-corrected chi connectivity index (χ1v) is 8.18. The van der Waals surface area contributed by atoms with Crippen molar-refractivity contribution >= 4 is 21.7 Å². The van der Waals surface area contributed by atoms with E-state index in [-0.39, 0.29) is 5.39 Å². The Balaban J connectivity index is 2.01. The Labute approximate surface area is 147 Å². The van der Waals surface area contributed by atoms with Gasteiger partial charge in [-0.05, 0) is 30.5 Å². The van der Waals surface area contributed by atoms with E-state index in [2.05, 4.69) is 9.97 Å². The summed E-state index contributed by atoms with van der Waals surface area (Å²) in [6, 6.07) is 11.2. The van der Waals surface area contributed by atoms with E-state index in [4.69, 9.17) is 4.74 Å². The second kappa shape index (κ2) is 6.05. The van der Waals surface area contributed by atoms with Gasteiger partial charge >= 0.3 is 6.18 Å². The van der Waals surface area contributed by atoms with Crippen molar-refractivity contribution in [3.8, 4) is 17.0 Å². The Hall–Kier alpha value is -3.02. The predicted octanol–water partition coefficient (Wildman–Crippen LogP) is 5.80. The monoisotopic (exact) mass is 356 g/mol. The van der Waals surface area contributed by atoms with Crippen molar-refractivity contribution in [3.63, 3.8) is 0 Å². The van der Waals surface area contributed by atoms with Crippen LogP contribution in [0.5, 0.6) is 5.75 Å². The fourth-order valence-electron chi connectivity index (χ4n) is 3.23. The maximum atomic E-state index is 13.5. The van der Waals surface area contributed by atoms with E-state index >= 15 is 0 Å². The van der Waals surface area contributed by atoms with Gasteiger partial charge in [0.2, 0.25) is 0 Å². The number of aromatic nitrogens is 2. The smallest absolute Gasteiger partial charge is 0.417 e. The van der Waals surface area contributed by atoms with Crippen LogP contribution in [0.1, 0.15) is 12.5 Å². The number of nitrogens with zero attached hydrogens (tertiary/aromatic N) is 1. The molecule has 2 aromatic carbocycles. The van der Waals surface area contributed by atoms with Gasteiger partial charge in [0.15, 0.2) is 0 Å². The zero-order chi connectivity index (χ0) is 18.3. The lowest BCUT2D eigenvalue weighted by Gasteiger charge is -2.11. The molecule has 0 aliphatic carbocycles. The molecule has 0 amide bonds. The number of benzene rings is 2. The van der Waals surface area contributed by atoms with Crippen molar-refractivity contribution in [2.45, 2.75) is 13.1 Å². The fraction of sp³-hybridized carbons (Fsp3) is 0.150. The summed E-state index contributed by atoms with van der Waals surface area (Å²) < 4.78 is 46.1. The SMILES string of the molecule is CCOc1cnccc1-c1cc2cc(C(F)(F)F)c3ccccc3c2[nH]1. The van der Waals surface area contributed by atoms with Crippen LogP contribution in [0.3, 0.4) is 0 Å². The molecule has 6 heteroatoms. The third-order valence-electron chi connectivity index (χ3n) is 4.31. The highest BCUT2D eigenvalue weighted by Gasteiger charge is 2.33. The highest BCUT2D eigenvalue weighted by atomic mass is 19.4. The number of nitrogens with one attached hydrogen (secondary N) is 1. The third-order valence-corrected chi connectivity index (χ3v) is 4.31. The molecule has 4 aromatic rings. The number of fused-ring (bicyclic) bond motifs is 3. The highest BCUT2D eigenvalue weighted by molar-refractivity contribution is 6.09. The molecule has 2 aromatic heterocycles. The molecule has 0 bridgehead atoms. The van der Waals surface area contributed by atoms with Crippen LogP contribution in [-0.4, -0.2) is 16.6 Å². The lowest BCUT2D eigenvalue weighted by molar-refractivity contribution is -0.136. The zero-order valence-electron chi connectivity index (χ0n) is 13.9. The van der Waals surface area contributed by atoms with Crippen LogP contribution in [0.25, 0.3) is 32.9 Å². The van der Waals surface area contributed by atoms with E-state index in [1.165, 1.54) is 12.1 Å². The molecule has 0 atom stereocenters. The molecule has 4 rings (SSSR count). The molecule has 0 aliphatic heterocycles. The quantitative estimate of drug-likeness (QED) is 0.504. The minimum absolute atomic E-state index is 0.181. The van der Waals surface area contributed by atoms with Crippen LogP contribution in [0.4, 0.5) is 13.2 Å². The standard InChI is InChI=1S/C20H15F3N2O/c1-2-26-18-11-24-8-7-15(18)17-10-12-9-16(20(21,22)23)13-5-3-4-6-14(13)19(12)25-17/h3-11,25H,2H2,1H3. The minimum atomic E-state index is -4.42. The number of hydrogen-bond acceptors (Lipinski definition) is 2. The highest BCUT2D eigenvalue weighted by Crippen LogP contribution is 2.40. The number of aromatic amines is 1. The summed E-state index contributed by atoms with van der Waals surface area (Å²) in [5.41, 5.74) is 1.49. The van der Waals surface area contributed by atoms with E-state index in [9.17, 15) is 13.2 Å². The summed E-state index contributed by atoms with van der Waals surface area (Å²) in [7, 11) is 0. The number of rotatable bonds is 3. The molecular weight excluding hydrogens is 341 g/mol. The summed E-state index contributed by atoms with van der Waals surface area (Å²) in [4.78, 5) is 7.31. The maximum Gasteiger partial charge on any atom is 0.417 e. The van der Waals surface area contributed by atoms with Gasteiger partial charge in [0.1, 0.15) is 5.75 Å². The van der Waals surface area contributed by atoms with Crippen LogP contribution in [0.15, 0.2) is 54.9 Å². The van der Waals surface area contributed by atoms with E-state index in [0.717, 1.165) is 5.56 Å². The number of alkyl halides is 3. The van der Waals surface area contributed by atoms with Gasteiger partial charge in [-0.2, -0.15) is 13.2 Å². The predicted molar refractivity (Wildman–Crippen MR) is 95.2 cm³/mol. The molecule has 0 unspecified atom stereocenters. The average Bonchev–Trinajstić information content (AvgIpc) is 3.05. The minimum Gasteiger partial charge on any atom is -0.492 e. The van der Waals surface area contributed by atoms with E-state index in [1.807, 2.05) is 6.92 Å². The number of halogens is 3. The Kier molecular flexibility index (Phi) is 3.83. The van der Waals surface area contributed by atoms with Crippen molar-refractivity contribution < 1.29 is 17.9 Å². The Morgan fingerprint density at radius 2 is 1.85 bits per heavy atom. The number of ether oxygens (including phenoxy) is 1. The largest absolute Gasteiger partial charge is 0.492 e. The van der Waals surface area contributed by atoms with Crippen molar-refractivity contribution in [2.24, 2.45) is 0 Å². The van der Waals surface area contributed by atoms with Crippen molar-refractivity contribution in [1.29, 1.82) is 0 Å². The molecule has 0 spiro atoms. The first kappa shape index (κ1) is 16.4. The second-order valence-electron chi connectivity index (χ2n) is 5.92. The number of H-pyrrole nitrogens is 1. The summed E-state index contributed by atoms with van der Waals surface area (Å²) in [6.45, 7) is 2.34. The Morgan fingerprint density at radius 3 is 2.58 bits per heavy atom. The Morgan fingerprint density at radius 1 is 1.08 bits per heavy atom. The van der Waals surface area contributed by atoms with Gasteiger partial charge in [0, 0.05) is 22.5 Å². The van der Waals surface area contributed by atoms with Gasteiger partial charge in [-0.25, -0.2) is 0 Å². The maximum absolute atomic E-state index is 13.5. The van der Waals surface area contributed by atoms with Gasteiger partial charge in [-0.15, -0.1) is 0 Å². The number of hydrogen-bond donors (Lipinski definition) is 1. The second-order valence-corrected chi connectivity index (χ2v) is 5.92. The molecule has 1 N–H and O–H groups in total. The van der Waals surface area contributed by atoms with Crippen molar-refractivity contribution in [3.05, 3.63) is 60.4 Å². The van der Waals surface area contributed by atoms with Gasteiger partial charge in [0.25, 0.3) is 0 Å². The van der Waals surface area contributed by atoms with Crippen LogP contribution >= 0.6 is 0 Å². The first-order valence-electron chi connectivity index (χ1n) is 8.18. The molecule has 3 nitrogen and oxygen atoms in total. The molecular formula is C20H15F3N2O. The molecule has 0 saturated heterocycles. The van der Waals surface area contributed by atoms with Gasteiger partial charge < -0.3 is 9.72 Å². The average molecular weight is 356 g/mol. The van der Waals surface area contributed by atoms with Crippen molar-refractivity contribution in [1.82, 2.24) is 9.97 Å². The first-order chi connectivity index (χ1) is 12.5. The van der Waals surface area contributed by atoms with Crippen LogP contribution in [0.2, 0.25) is 0 Å². The molecule has 2 heterocycles. The molecule has 0 radical (unpaired) electrons. The van der Waals surface area contributed by atoms with E-state index in [1.54, 1.807) is 42.7 Å². The van der Waals surface area contributed by atoms with Gasteiger partial charge in [-0.1, -0.05) is 24.3 Å². The van der Waals surface area contributed by atoms with Crippen LogP contribution < -0.4 is 4.74 Å². The van der Waals surface area contributed by atoms with Crippen molar-refractivity contribution in [2.75, 3.05) is 6.61 Å². The summed E-state index contributed by atoms with van der Waals surface area (Å²) in [5, 5.41) is 1.22.